The van der Waals surface area contributed by atoms with Gasteiger partial charge in [-0.2, -0.15) is 0 Å². The van der Waals surface area contributed by atoms with Crippen molar-refractivity contribution in [2.75, 3.05) is 12.3 Å². The lowest BCUT2D eigenvalue weighted by atomic mass is 10.3. The van der Waals surface area contributed by atoms with Gasteiger partial charge in [-0.3, -0.25) is 0 Å². The summed E-state index contributed by atoms with van der Waals surface area (Å²) in [6.45, 7) is -0.254. The number of hydrogen-bond donors (Lipinski definition) is 1. The van der Waals surface area contributed by atoms with Gasteiger partial charge in [0.05, 0.1) is 12.3 Å². The zero-order valence-corrected chi connectivity index (χ0v) is 4.34. The van der Waals surface area contributed by atoms with Crippen LogP contribution in [0.1, 0.15) is 11.9 Å². The van der Waals surface area contributed by atoms with Gasteiger partial charge in [-0.25, -0.2) is 0 Å². The van der Waals surface area contributed by atoms with Crippen LogP contribution < -0.4 is 0 Å². The van der Waals surface area contributed by atoms with Crippen LogP contribution in [-0.2, 0) is 4.18 Å². The van der Waals surface area contributed by atoms with Crippen molar-refractivity contribution in [3.63, 3.8) is 0 Å². The Balaban J connectivity index is 2.85. The van der Waals surface area contributed by atoms with Crippen molar-refractivity contribution in [2.45, 2.75) is 6.37 Å². The van der Waals surface area contributed by atoms with Gasteiger partial charge in [-0.15, -0.1) is 0 Å². The highest BCUT2D eigenvalue weighted by Crippen LogP contribution is 2.10. The van der Waals surface area contributed by atoms with Gasteiger partial charge in [-0.05, 0) is 12.0 Å². The Hall–Kier alpha value is -0.0200. The molecule has 0 aromatic rings. The molecule has 1 heterocycles. The Morgan fingerprint density at radius 2 is 2.86 bits per heavy atom. The molecule has 0 unspecified atom stereocenters. The van der Waals surface area contributed by atoms with Gasteiger partial charge in [0.15, 0.2) is 0 Å². The molecule has 7 heavy (non-hydrogen) atoms. The van der Waals surface area contributed by atoms with Crippen molar-refractivity contribution in [2.24, 2.45) is 0 Å². The quantitative estimate of drug-likeness (QED) is 0.486. The molecular formula is C4H7NOS. The SMILES string of the molecule is [2H]C1([2H])COSC([2H])([2H])C1=N. The van der Waals surface area contributed by atoms with Gasteiger partial charge in [0.25, 0.3) is 0 Å². The molecule has 1 fully saturated rings. The Labute approximate surface area is 52.6 Å². The van der Waals surface area contributed by atoms with Crippen molar-refractivity contribution in [1.82, 2.24) is 0 Å². The Morgan fingerprint density at radius 1 is 2.00 bits per heavy atom. The molecule has 0 aliphatic carbocycles. The molecule has 1 N–H and O–H groups in total. The van der Waals surface area contributed by atoms with Gasteiger partial charge >= 0.3 is 0 Å². The second kappa shape index (κ2) is 2.33. The van der Waals surface area contributed by atoms with Gasteiger partial charge in [0, 0.05) is 17.6 Å². The maximum atomic E-state index is 7.15. The summed E-state index contributed by atoms with van der Waals surface area (Å²) in [5, 5.41) is 7.14. The van der Waals surface area contributed by atoms with E-state index in [1.807, 2.05) is 0 Å². The van der Waals surface area contributed by atoms with E-state index in [1.165, 1.54) is 0 Å². The smallest absolute Gasteiger partial charge is 0.0666 e. The standard InChI is InChI=1S/C4H7NOS/c5-4-1-2-6-7-3-4/h5H,1-3H2/i1D2,3D2. The summed E-state index contributed by atoms with van der Waals surface area (Å²) in [6, 6.07) is 0. The lowest BCUT2D eigenvalue weighted by molar-refractivity contribution is 0.382. The molecule has 1 saturated heterocycles. The van der Waals surface area contributed by atoms with Crippen LogP contribution in [0.15, 0.2) is 0 Å². The third-order valence-corrected chi connectivity index (χ3v) is 1.03. The lowest BCUT2D eigenvalue weighted by Crippen LogP contribution is -2.09. The van der Waals surface area contributed by atoms with E-state index in [4.69, 9.17) is 10.9 Å². The highest BCUT2D eigenvalue weighted by molar-refractivity contribution is 7.95. The first-order valence-electron chi connectivity index (χ1n) is 3.76. The van der Waals surface area contributed by atoms with Gasteiger partial charge < -0.3 is 9.59 Å². The van der Waals surface area contributed by atoms with E-state index in [0.29, 0.717) is 12.0 Å². The van der Waals surface area contributed by atoms with E-state index in [2.05, 4.69) is 4.18 Å². The van der Waals surface area contributed by atoms with Crippen molar-refractivity contribution in [3.8, 4) is 0 Å². The molecule has 2 nitrogen and oxygen atoms in total. The number of nitrogens with one attached hydrogen (secondary N) is 1. The second-order valence-electron chi connectivity index (χ2n) is 0.999. The van der Waals surface area contributed by atoms with Crippen LogP contribution in [0.2, 0.25) is 0 Å². The Kier molecular flexibility index (Phi) is 0.689. The largest absolute Gasteiger partial charge is 0.315 e. The van der Waals surface area contributed by atoms with Crippen LogP contribution in [0, 0.1) is 5.41 Å². The van der Waals surface area contributed by atoms with Crippen molar-refractivity contribution in [1.29, 1.82) is 5.41 Å². The molecule has 1 aliphatic heterocycles. The lowest BCUT2D eigenvalue weighted by Gasteiger charge is -2.08. The molecule has 0 atom stereocenters. The third-order valence-electron chi connectivity index (χ3n) is 0.511. The molecular weight excluding hydrogens is 110 g/mol. The van der Waals surface area contributed by atoms with E-state index in [-0.39, 0.29) is 6.61 Å². The number of hydrogen-bond acceptors (Lipinski definition) is 3. The maximum absolute atomic E-state index is 7.15. The molecule has 0 aromatic carbocycles. The van der Waals surface area contributed by atoms with Crippen LogP contribution in [0.5, 0.6) is 0 Å². The topological polar surface area (TPSA) is 33.1 Å². The molecule has 0 spiro atoms. The summed E-state index contributed by atoms with van der Waals surface area (Å²) >= 11 is 0.500. The molecule has 1 rings (SSSR count). The summed E-state index contributed by atoms with van der Waals surface area (Å²) in [7, 11) is 0. The summed E-state index contributed by atoms with van der Waals surface area (Å²) in [5.41, 5.74) is -2.58. The minimum absolute atomic E-state index is 0.254. The molecule has 0 radical (unpaired) electrons. The van der Waals surface area contributed by atoms with Gasteiger partial charge in [0.2, 0.25) is 0 Å². The predicted octanol–water partition coefficient (Wildman–Crippen LogP) is 1.07. The number of rotatable bonds is 0. The van der Waals surface area contributed by atoms with Gasteiger partial charge in [0.1, 0.15) is 0 Å². The first-order valence-corrected chi connectivity index (χ1v) is 2.50. The summed E-state index contributed by atoms with van der Waals surface area (Å²) in [5.74, 6) is 0. The van der Waals surface area contributed by atoms with Crippen LogP contribution in [0.3, 0.4) is 0 Å². The summed E-state index contributed by atoms with van der Waals surface area (Å²) < 4.78 is 33.2. The van der Waals surface area contributed by atoms with Crippen molar-refractivity contribution < 1.29 is 9.67 Å². The normalized spacial score (nSPS) is 45.4. The third kappa shape index (κ3) is 1.49. The second-order valence-corrected chi connectivity index (χ2v) is 1.61. The van der Waals surface area contributed by atoms with Crippen LogP contribution in [0.4, 0.5) is 0 Å². The minimum Gasteiger partial charge on any atom is -0.315 e. The predicted molar refractivity (Wildman–Crippen MR) is 30.8 cm³/mol. The molecule has 3 heteroatoms. The Bertz CT molecular complexity index is 177. The molecule has 0 aromatic heterocycles. The minimum atomic E-state index is -2.03. The monoisotopic (exact) mass is 121 g/mol. The zero-order chi connectivity index (χ0) is 8.70. The summed E-state index contributed by atoms with van der Waals surface area (Å²) in [4.78, 5) is 0. The van der Waals surface area contributed by atoms with Crippen LogP contribution in [-0.4, -0.2) is 18.0 Å². The highest BCUT2D eigenvalue weighted by atomic mass is 32.2. The van der Waals surface area contributed by atoms with E-state index in [1.54, 1.807) is 0 Å². The molecule has 0 saturated carbocycles. The van der Waals surface area contributed by atoms with E-state index in [9.17, 15) is 0 Å². The molecule has 0 bridgehead atoms. The highest BCUT2D eigenvalue weighted by Gasteiger charge is 2.03. The van der Waals surface area contributed by atoms with Crippen molar-refractivity contribution >= 4 is 17.8 Å². The Morgan fingerprint density at radius 3 is 3.43 bits per heavy atom. The van der Waals surface area contributed by atoms with Crippen LogP contribution in [0.25, 0.3) is 0 Å². The summed E-state index contributed by atoms with van der Waals surface area (Å²) in [6.07, 6.45) is -1.96. The van der Waals surface area contributed by atoms with E-state index in [0.717, 1.165) is 0 Å². The fourth-order valence-corrected chi connectivity index (χ4v) is 0.571. The average molecular weight is 121 g/mol. The first-order chi connectivity index (χ1) is 4.86. The van der Waals surface area contributed by atoms with E-state index < -0.39 is 17.8 Å². The average Bonchev–Trinajstić information content (AvgIpc) is 1.82. The molecule has 1 aliphatic rings. The molecule has 40 valence electrons. The fraction of sp³-hybridized carbons (Fsp3) is 0.750. The van der Waals surface area contributed by atoms with Crippen molar-refractivity contribution in [3.05, 3.63) is 0 Å². The van der Waals surface area contributed by atoms with Gasteiger partial charge in [-0.1, -0.05) is 0 Å². The van der Waals surface area contributed by atoms with E-state index >= 15 is 0 Å². The fourth-order valence-electron chi connectivity index (χ4n) is 0.238. The maximum Gasteiger partial charge on any atom is 0.0666 e. The molecule has 0 amide bonds. The van der Waals surface area contributed by atoms with Crippen LogP contribution >= 0.6 is 12.0 Å². The first kappa shape index (κ1) is 2.07. The zero-order valence-electron chi connectivity index (χ0n) is 7.52.